The summed E-state index contributed by atoms with van der Waals surface area (Å²) in [7, 11) is -4.88. The van der Waals surface area contributed by atoms with Crippen molar-refractivity contribution < 1.29 is 13.0 Å². The van der Waals surface area contributed by atoms with Gasteiger partial charge in [-0.15, -0.1) is 0 Å². The van der Waals surface area contributed by atoms with Crippen molar-refractivity contribution in [1.29, 1.82) is 0 Å². The SMILES string of the molecule is CCCC[PH](CCCC)(CCCC)CCCC.O=S(=O)(O)c1ccccc1. The number of rotatable bonds is 13. The fraction of sp³-hybridized carbons (Fsp3) is 0.727. The van der Waals surface area contributed by atoms with Gasteiger partial charge in [-0.3, -0.25) is 4.55 Å². The van der Waals surface area contributed by atoms with Gasteiger partial charge in [-0.2, -0.15) is 8.42 Å². The summed E-state index contributed by atoms with van der Waals surface area (Å²) in [5, 5.41) is 0. The van der Waals surface area contributed by atoms with Gasteiger partial charge in [-0.05, 0) is 12.1 Å². The van der Waals surface area contributed by atoms with Crippen molar-refractivity contribution in [3.8, 4) is 0 Å². The summed E-state index contributed by atoms with van der Waals surface area (Å²) in [6.45, 7) is 9.44. The van der Waals surface area contributed by atoms with E-state index in [1.54, 1.807) is 42.8 Å². The number of benzene rings is 1. The Morgan fingerprint density at radius 3 is 1.26 bits per heavy atom. The van der Waals surface area contributed by atoms with Crippen LogP contribution in [0.1, 0.15) is 79.1 Å². The first-order valence-electron chi connectivity index (χ1n) is 10.9. The molecule has 1 aromatic carbocycles. The summed E-state index contributed by atoms with van der Waals surface area (Å²) < 4.78 is 29.2. The fourth-order valence-corrected chi connectivity index (χ4v) is 9.96. The zero-order valence-electron chi connectivity index (χ0n) is 18.0. The van der Waals surface area contributed by atoms with E-state index in [-0.39, 0.29) is 4.90 Å². The molecule has 0 aliphatic heterocycles. The van der Waals surface area contributed by atoms with E-state index in [0.717, 1.165) is 0 Å². The van der Waals surface area contributed by atoms with Gasteiger partial charge in [0.1, 0.15) is 0 Å². The first-order valence-corrected chi connectivity index (χ1v) is 15.1. The minimum atomic E-state index is -4.00. The van der Waals surface area contributed by atoms with Gasteiger partial charge in [0, 0.05) is 0 Å². The van der Waals surface area contributed by atoms with Crippen LogP contribution < -0.4 is 0 Å². The van der Waals surface area contributed by atoms with Gasteiger partial charge in [0.2, 0.25) is 0 Å². The molecule has 0 heterocycles. The molecule has 0 saturated heterocycles. The standard InChI is InChI=1S/C16H37P.C6H6O3S/c1-5-9-13-17(14-10-6-2,15-11-7-3)16-12-8-4;7-10(8,9)6-4-2-1-3-5-6/h17H,5-16H2,1-4H3;1-5H,(H,7,8,9). The van der Waals surface area contributed by atoms with Crippen LogP contribution in [0, 0.1) is 0 Å². The molecule has 3 nitrogen and oxygen atoms in total. The molecular weight excluding hydrogens is 375 g/mol. The van der Waals surface area contributed by atoms with Crippen molar-refractivity contribution in [1.82, 2.24) is 0 Å². The first-order chi connectivity index (χ1) is 12.8. The van der Waals surface area contributed by atoms with E-state index in [2.05, 4.69) is 27.7 Å². The van der Waals surface area contributed by atoms with Crippen LogP contribution in [0.25, 0.3) is 0 Å². The topological polar surface area (TPSA) is 54.4 Å². The Bertz CT molecular complexity index is 521. The van der Waals surface area contributed by atoms with Crippen LogP contribution >= 0.6 is 7.26 Å². The smallest absolute Gasteiger partial charge is 0.282 e. The molecule has 27 heavy (non-hydrogen) atoms. The van der Waals surface area contributed by atoms with Gasteiger partial charge in [0.15, 0.2) is 0 Å². The van der Waals surface area contributed by atoms with Gasteiger partial charge in [-0.1, -0.05) is 18.2 Å². The maximum absolute atomic E-state index is 10.4. The van der Waals surface area contributed by atoms with E-state index in [9.17, 15) is 8.42 Å². The third-order valence-electron chi connectivity index (χ3n) is 5.28. The van der Waals surface area contributed by atoms with E-state index in [1.807, 2.05) is 0 Å². The third kappa shape index (κ3) is 12.6. The summed E-state index contributed by atoms with van der Waals surface area (Å²) in [6.07, 6.45) is 18.1. The summed E-state index contributed by atoms with van der Waals surface area (Å²) in [5.41, 5.74) is 0. The second-order valence-corrected chi connectivity index (χ2v) is 14.1. The van der Waals surface area contributed by atoms with Gasteiger partial charge >= 0.3 is 111 Å². The molecule has 0 saturated carbocycles. The van der Waals surface area contributed by atoms with Crippen LogP contribution in [0.15, 0.2) is 35.2 Å². The molecule has 0 fully saturated rings. The van der Waals surface area contributed by atoms with Crippen molar-refractivity contribution in [2.75, 3.05) is 24.6 Å². The van der Waals surface area contributed by atoms with E-state index < -0.39 is 17.4 Å². The van der Waals surface area contributed by atoms with Crippen molar-refractivity contribution in [2.45, 2.75) is 84.0 Å². The Kier molecular flexibility index (Phi) is 15.2. The first kappa shape index (κ1) is 26.6. The normalized spacial score (nSPS) is 12.3. The number of unbranched alkanes of at least 4 members (excludes halogenated alkanes) is 4. The average molecular weight is 419 g/mol. The van der Waals surface area contributed by atoms with E-state index in [0.29, 0.717) is 0 Å². The fourth-order valence-electron chi connectivity index (χ4n) is 3.55. The maximum atomic E-state index is 10.4. The summed E-state index contributed by atoms with van der Waals surface area (Å²) in [5.74, 6) is 0. The Morgan fingerprint density at radius 2 is 1.04 bits per heavy atom. The predicted octanol–water partition coefficient (Wildman–Crippen LogP) is 6.87. The molecule has 0 aromatic heterocycles. The molecule has 0 aliphatic carbocycles. The second kappa shape index (κ2) is 15.5. The number of hydrogen-bond acceptors (Lipinski definition) is 2. The minimum Gasteiger partial charge on any atom is -0.282 e. The van der Waals surface area contributed by atoms with Crippen LogP contribution in [0.2, 0.25) is 0 Å². The van der Waals surface area contributed by atoms with Gasteiger partial charge < -0.3 is 0 Å². The zero-order valence-corrected chi connectivity index (χ0v) is 19.9. The van der Waals surface area contributed by atoms with Gasteiger partial charge in [0.05, 0.1) is 4.90 Å². The Balaban J connectivity index is 0.000000569. The Hall–Kier alpha value is -0.440. The molecule has 0 amide bonds. The van der Waals surface area contributed by atoms with E-state index in [4.69, 9.17) is 4.55 Å². The number of hydrogen-bond donors (Lipinski definition) is 1. The monoisotopic (exact) mass is 418 g/mol. The molecule has 1 rings (SSSR count). The van der Waals surface area contributed by atoms with Crippen LogP contribution in [-0.2, 0) is 10.1 Å². The quantitative estimate of drug-likeness (QED) is 0.281. The summed E-state index contributed by atoms with van der Waals surface area (Å²) in [6, 6.07) is 7.42. The van der Waals surface area contributed by atoms with Crippen molar-refractivity contribution in [3.05, 3.63) is 30.3 Å². The Morgan fingerprint density at radius 1 is 0.704 bits per heavy atom. The molecule has 0 atom stereocenters. The zero-order chi connectivity index (χ0) is 20.6. The predicted molar refractivity (Wildman–Crippen MR) is 124 cm³/mol. The largest absolute Gasteiger partial charge is 0.294 e. The van der Waals surface area contributed by atoms with Gasteiger partial charge in [0.25, 0.3) is 10.1 Å². The maximum Gasteiger partial charge on any atom is 0.294 e. The second-order valence-electron chi connectivity index (χ2n) is 7.70. The van der Waals surface area contributed by atoms with Gasteiger partial charge in [-0.25, -0.2) is 0 Å². The summed E-state index contributed by atoms with van der Waals surface area (Å²) >= 11 is 0. The third-order valence-corrected chi connectivity index (χ3v) is 11.8. The molecule has 0 spiro atoms. The molecule has 1 aromatic rings. The van der Waals surface area contributed by atoms with Crippen LogP contribution in [-0.4, -0.2) is 37.6 Å². The molecule has 1 N–H and O–H groups in total. The van der Waals surface area contributed by atoms with Crippen molar-refractivity contribution in [2.24, 2.45) is 0 Å². The van der Waals surface area contributed by atoms with Crippen LogP contribution in [0.5, 0.6) is 0 Å². The molecule has 0 aliphatic rings. The van der Waals surface area contributed by atoms with E-state index >= 15 is 0 Å². The Labute approximate surface area is 169 Å². The van der Waals surface area contributed by atoms with Crippen LogP contribution in [0.4, 0.5) is 0 Å². The molecule has 0 unspecified atom stereocenters. The molecular formula is C22H43O3PS. The molecule has 0 bridgehead atoms. The van der Waals surface area contributed by atoms with Crippen LogP contribution in [0.3, 0.4) is 0 Å². The minimum absolute atomic E-state index is 0.0741. The molecule has 160 valence electrons. The van der Waals surface area contributed by atoms with E-state index in [1.165, 1.54) is 63.5 Å². The molecule has 0 radical (unpaired) electrons. The summed E-state index contributed by atoms with van der Waals surface area (Å²) in [4.78, 5) is -0.0741. The van der Waals surface area contributed by atoms with Crippen molar-refractivity contribution in [3.63, 3.8) is 0 Å². The average Bonchev–Trinajstić information content (AvgIpc) is 2.67. The molecule has 5 heteroatoms. The van der Waals surface area contributed by atoms with Crippen molar-refractivity contribution >= 4 is 17.4 Å².